The van der Waals surface area contributed by atoms with Gasteiger partial charge < -0.3 is 10.1 Å². The molecule has 2 fully saturated rings. The SMILES string of the molecule is COc1ccc(Cl)cc1NC(=O)c1ccccc1N1C(=O)[C@@H]2[C@H](C1=O)[C@@H]1C[C@@H]2C=C1C. The van der Waals surface area contributed by atoms with Gasteiger partial charge in [0.1, 0.15) is 5.75 Å². The number of imide groups is 1. The van der Waals surface area contributed by atoms with Crippen molar-refractivity contribution in [2.45, 2.75) is 13.3 Å². The predicted octanol–water partition coefficient (Wildman–Crippen LogP) is 4.30. The topological polar surface area (TPSA) is 75.7 Å². The number of hydrogen-bond acceptors (Lipinski definition) is 4. The summed E-state index contributed by atoms with van der Waals surface area (Å²) >= 11 is 6.07. The van der Waals surface area contributed by atoms with Gasteiger partial charge in [-0.15, -0.1) is 0 Å². The zero-order valence-electron chi connectivity index (χ0n) is 17.1. The minimum Gasteiger partial charge on any atom is -0.495 e. The van der Waals surface area contributed by atoms with Gasteiger partial charge in [-0.1, -0.05) is 35.4 Å². The average Bonchev–Trinajstić information content (AvgIpc) is 3.38. The minimum atomic E-state index is -0.453. The Labute approximate surface area is 184 Å². The molecule has 2 aromatic rings. The molecule has 1 saturated heterocycles. The highest BCUT2D eigenvalue weighted by atomic mass is 35.5. The molecule has 0 aromatic heterocycles. The summed E-state index contributed by atoms with van der Waals surface area (Å²) < 4.78 is 5.29. The zero-order chi connectivity index (χ0) is 21.9. The lowest BCUT2D eigenvalue weighted by molar-refractivity contribution is -0.123. The first-order valence-electron chi connectivity index (χ1n) is 10.2. The Hall–Kier alpha value is -3.12. The van der Waals surface area contributed by atoms with Gasteiger partial charge in [0.15, 0.2) is 0 Å². The van der Waals surface area contributed by atoms with E-state index in [1.54, 1.807) is 42.5 Å². The van der Waals surface area contributed by atoms with E-state index in [4.69, 9.17) is 16.3 Å². The predicted molar refractivity (Wildman–Crippen MR) is 117 cm³/mol. The van der Waals surface area contributed by atoms with E-state index in [0.717, 1.165) is 6.42 Å². The zero-order valence-corrected chi connectivity index (χ0v) is 17.8. The Balaban J connectivity index is 1.48. The van der Waals surface area contributed by atoms with Gasteiger partial charge in [-0.3, -0.25) is 14.4 Å². The summed E-state index contributed by atoms with van der Waals surface area (Å²) in [6.45, 7) is 2.03. The van der Waals surface area contributed by atoms with Crippen molar-refractivity contribution in [1.29, 1.82) is 0 Å². The van der Waals surface area contributed by atoms with Gasteiger partial charge in [-0.05, 0) is 55.5 Å². The van der Waals surface area contributed by atoms with Crippen molar-refractivity contribution in [2.75, 3.05) is 17.3 Å². The molecular weight excluding hydrogens is 416 g/mol. The number of carbonyl (C=O) groups excluding carboxylic acids is 3. The third-order valence-electron chi connectivity index (χ3n) is 6.68. The summed E-state index contributed by atoms with van der Waals surface area (Å²) in [7, 11) is 1.50. The van der Waals surface area contributed by atoms with Gasteiger partial charge in [0.05, 0.1) is 35.9 Å². The second-order valence-corrected chi connectivity index (χ2v) is 8.73. The molecule has 2 bridgehead atoms. The minimum absolute atomic E-state index is 0.105. The highest BCUT2D eigenvalue weighted by Crippen LogP contribution is 2.56. The Morgan fingerprint density at radius 1 is 1.13 bits per heavy atom. The number of fused-ring (bicyclic) bond motifs is 5. The van der Waals surface area contributed by atoms with Crippen LogP contribution in [0.2, 0.25) is 5.02 Å². The number of hydrogen-bond donors (Lipinski definition) is 1. The van der Waals surface area contributed by atoms with Crippen molar-refractivity contribution >= 4 is 40.7 Å². The Morgan fingerprint density at radius 3 is 2.65 bits per heavy atom. The van der Waals surface area contributed by atoms with Crippen LogP contribution in [0.25, 0.3) is 0 Å². The van der Waals surface area contributed by atoms with Crippen molar-refractivity contribution in [3.05, 3.63) is 64.7 Å². The molecule has 3 amide bonds. The fraction of sp³-hybridized carbons (Fsp3) is 0.292. The number of ether oxygens (including phenoxy) is 1. The van der Waals surface area contributed by atoms with Crippen molar-refractivity contribution < 1.29 is 19.1 Å². The molecule has 4 atom stereocenters. The molecule has 158 valence electrons. The molecule has 1 saturated carbocycles. The quantitative estimate of drug-likeness (QED) is 0.572. The number of allylic oxidation sites excluding steroid dienone is 2. The van der Waals surface area contributed by atoms with Crippen LogP contribution in [0, 0.1) is 23.7 Å². The highest BCUT2D eigenvalue weighted by Gasteiger charge is 2.61. The largest absolute Gasteiger partial charge is 0.495 e. The number of carbonyl (C=O) groups is 3. The Morgan fingerprint density at radius 2 is 1.87 bits per heavy atom. The maximum atomic E-state index is 13.3. The number of anilines is 2. The van der Waals surface area contributed by atoms with Gasteiger partial charge in [0.25, 0.3) is 5.91 Å². The molecule has 5 rings (SSSR count). The van der Waals surface area contributed by atoms with Crippen LogP contribution in [0.15, 0.2) is 54.1 Å². The molecule has 1 N–H and O–H groups in total. The van der Waals surface area contributed by atoms with Crippen molar-refractivity contribution in [3.63, 3.8) is 0 Å². The first kappa shape index (κ1) is 19.8. The number of nitrogens with zero attached hydrogens (tertiary/aromatic N) is 1. The first-order chi connectivity index (χ1) is 14.9. The second kappa shape index (κ2) is 7.24. The lowest BCUT2D eigenvalue weighted by Gasteiger charge is -2.21. The standard InChI is InChI=1S/C24H21ClN2O4/c1-12-9-13-10-16(12)21-20(13)23(29)27(24(21)30)18-6-4-3-5-15(18)22(28)26-17-11-14(25)7-8-19(17)31-2/h3-9,11,13,16,20-21H,10H2,1-2H3,(H,26,28)/t13-,16+,20-,21+/m0/s1. The van der Waals surface area contributed by atoms with Crippen LogP contribution in [-0.2, 0) is 9.59 Å². The van der Waals surface area contributed by atoms with Gasteiger partial charge in [0.2, 0.25) is 11.8 Å². The summed E-state index contributed by atoms with van der Waals surface area (Å²) in [6.07, 6.45) is 2.99. The molecule has 6 nitrogen and oxygen atoms in total. The van der Waals surface area contributed by atoms with Gasteiger partial charge in [-0.2, -0.15) is 0 Å². The number of para-hydroxylation sites is 1. The van der Waals surface area contributed by atoms with E-state index in [-0.39, 0.29) is 41.0 Å². The molecule has 2 aromatic carbocycles. The summed E-state index contributed by atoms with van der Waals surface area (Å²) in [6, 6.07) is 11.6. The second-order valence-electron chi connectivity index (χ2n) is 8.30. The number of rotatable bonds is 4. The smallest absolute Gasteiger partial charge is 0.257 e. The highest BCUT2D eigenvalue weighted by molar-refractivity contribution is 6.31. The van der Waals surface area contributed by atoms with Crippen LogP contribution in [-0.4, -0.2) is 24.8 Å². The van der Waals surface area contributed by atoms with Crippen LogP contribution < -0.4 is 15.0 Å². The van der Waals surface area contributed by atoms with Crippen LogP contribution in [0.3, 0.4) is 0 Å². The van der Waals surface area contributed by atoms with E-state index in [1.165, 1.54) is 17.6 Å². The number of benzene rings is 2. The van der Waals surface area contributed by atoms with Crippen molar-refractivity contribution in [2.24, 2.45) is 23.7 Å². The summed E-state index contributed by atoms with van der Waals surface area (Å²) in [4.78, 5) is 41.0. The molecule has 3 aliphatic rings. The summed E-state index contributed by atoms with van der Waals surface area (Å²) in [5.74, 6) is -0.858. The lowest BCUT2D eigenvalue weighted by Crippen LogP contribution is -2.34. The van der Waals surface area contributed by atoms with Crippen LogP contribution in [0.5, 0.6) is 5.75 Å². The molecule has 1 aliphatic heterocycles. The fourth-order valence-electron chi connectivity index (χ4n) is 5.34. The van der Waals surface area contributed by atoms with Gasteiger partial charge >= 0.3 is 0 Å². The third kappa shape index (κ3) is 2.97. The maximum Gasteiger partial charge on any atom is 0.257 e. The monoisotopic (exact) mass is 436 g/mol. The molecular formula is C24H21ClN2O4. The van der Waals surface area contributed by atoms with E-state index in [0.29, 0.717) is 22.1 Å². The molecule has 2 aliphatic carbocycles. The van der Waals surface area contributed by atoms with E-state index in [9.17, 15) is 14.4 Å². The molecule has 31 heavy (non-hydrogen) atoms. The summed E-state index contributed by atoms with van der Waals surface area (Å²) in [5, 5.41) is 3.24. The number of methoxy groups -OCH3 is 1. The molecule has 0 radical (unpaired) electrons. The molecule has 7 heteroatoms. The van der Waals surface area contributed by atoms with Gasteiger partial charge in [0, 0.05) is 5.02 Å². The van der Waals surface area contributed by atoms with Gasteiger partial charge in [-0.25, -0.2) is 4.90 Å². The maximum absolute atomic E-state index is 13.3. The Kier molecular flexibility index (Phi) is 4.63. The van der Waals surface area contributed by atoms with Crippen molar-refractivity contribution in [1.82, 2.24) is 0 Å². The normalized spacial score (nSPS) is 26.2. The van der Waals surface area contributed by atoms with Crippen molar-refractivity contribution in [3.8, 4) is 5.75 Å². The lowest BCUT2D eigenvalue weighted by atomic mass is 9.82. The molecule has 1 heterocycles. The third-order valence-corrected chi connectivity index (χ3v) is 6.92. The van der Waals surface area contributed by atoms with E-state index in [1.807, 2.05) is 6.92 Å². The van der Waals surface area contributed by atoms with E-state index in [2.05, 4.69) is 11.4 Å². The molecule has 0 spiro atoms. The number of nitrogens with one attached hydrogen (secondary N) is 1. The fourth-order valence-corrected chi connectivity index (χ4v) is 5.51. The first-order valence-corrected chi connectivity index (χ1v) is 10.6. The van der Waals surface area contributed by atoms with Crippen LogP contribution in [0.4, 0.5) is 11.4 Å². The Bertz CT molecular complexity index is 1160. The average molecular weight is 437 g/mol. The number of amides is 3. The van der Waals surface area contributed by atoms with E-state index < -0.39 is 5.91 Å². The van der Waals surface area contributed by atoms with E-state index >= 15 is 0 Å². The van der Waals surface area contributed by atoms with Crippen LogP contribution >= 0.6 is 11.6 Å². The van der Waals surface area contributed by atoms with Crippen LogP contribution in [0.1, 0.15) is 23.7 Å². The summed E-state index contributed by atoms with van der Waals surface area (Å²) in [5.41, 5.74) is 2.14. The molecule has 0 unspecified atom stereocenters. The number of halogens is 1.